The molecular weight excluding hydrogens is 240 g/mol. The molecule has 0 spiro atoms. The molecule has 1 aliphatic rings. The molecule has 0 heterocycles. The first kappa shape index (κ1) is 13.2. The van der Waals surface area contributed by atoms with Gasteiger partial charge in [0, 0.05) is 0 Å². The van der Waals surface area contributed by atoms with Crippen LogP contribution in [0.15, 0.2) is 18.2 Å². The van der Waals surface area contributed by atoms with Crippen LogP contribution in [0.4, 0.5) is 8.78 Å². The molecule has 18 heavy (non-hydrogen) atoms. The molecule has 2 rings (SSSR count). The molecule has 1 aromatic rings. The van der Waals surface area contributed by atoms with Gasteiger partial charge in [-0.2, -0.15) is 0 Å². The highest BCUT2D eigenvalue weighted by molar-refractivity contribution is 5.26. The van der Waals surface area contributed by atoms with Crippen LogP contribution in [0.1, 0.15) is 12.8 Å². The molecule has 1 fully saturated rings. The van der Waals surface area contributed by atoms with Crippen molar-refractivity contribution in [3.05, 3.63) is 29.8 Å². The summed E-state index contributed by atoms with van der Waals surface area (Å²) in [5.74, 6) is -1.55. The zero-order valence-electron chi connectivity index (χ0n) is 10.2. The normalized spacial score (nSPS) is 18.4. The van der Waals surface area contributed by atoms with Gasteiger partial charge >= 0.3 is 0 Å². The quantitative estimate of drug-likeness (QED) is 0.815. The Balaban J connectivity index is 2.10. The fraction of sp³-hybridized carbons (Fsp3) is 0.538. The van der Waals surface area contributed by atoms with E-state index in [9.17, 15) is 13.9 Å². The fourth-order valence-electron chi connectivity index (χ4n) is 2.11. The second kappa shape index (κ2) is 5.20. The number of hydrogen-bond donors (Lipinski definition) is 2. The fourth-order valence-corrected chi connectivity index (χ4v) is 2.11. The lowest BCUT2D eigenvalue weighted by Gasteiger charge is -2.31. The summed E-state index contributed by atoms with van der Waals surface area (Å²) in [5.41, 5.74) is -0.616. The molecule has 0 amide bonds. The highest BCUT2D eigenvalue weighted by Crippen LogP contribution is 2.39. The Bertz CT molecular complexity index is 397. The third-order valence-corrected chi connectivity index (χ3v) is 3.53. The van der Waals surface area contributed by atoms with Crippen LogP contribution in [-0.4, -0.2) is 30.9 Å². The van der Waals surface area contributed by atoms with Gasteiger partial charge in [-0.25, -0.2) is 8.78 Å². The number of nitrogens with one attached hydrogen (secondary N) is 1. The summed E-state index contributed by atoms with van der Waals surface area (Å²) >= 11 is 0. The van der Waals surface area contributed by atoms with Crippen LogP contribution in [-0.2, 0) is 0 Å². The third-order valence-electron chi connectivity index (χ3n) is 3.53. The molecular formula is C13H17F2NO2. The second-order valence-corrected chi connectivity index (χ2v) is 4.68. The first-order chi connectivity index (χ1) is 8.63. The van der Waals surface area contributed by atoms with Gasteiger partial charge in [0.2, 0.25) is 0 Å². The lowest BCUT2D eigenvalue weighted by Crippen LogP contribution is -2.53. The van der Waals surface area contributed by atoms with Gasteiger partial charge in [0.25, 0.3) is 0 Å². The van der Waals surface area contributed by atoms with Gasteiger partial charge in [0.05, 0.1) is 12.1 Å². The van der Waals surface area contributed by atoms with Crippen molar-refractivity contribution < 1.29 is 18.6 Å². The van der Waals surface area contributed by atoms with E-state index in [1.165, 1.54) is 6.07 Å². The molecule has 1 atom stereocenters. The highest BCUT2D eigenvalue weighted by atomic mass is 19.1. The smallest absolute Gasteiger partial charge is 0.190 e. The number of benzene rings is 1. The summed E-state index contributed by atoms with van der Waals surface area (Å²) in [4.78, 5) is 0. The van der Waals surface area contributed by atoms with Crippen LogP contribution in [0.3, 0.4) is 0 Å². The van der Waals surface area contributed by atoms with Crippen LogP contribution in [0, 0.1) is 17.6 Å². The summed E-state index contributed by atoms with van der Waals surface area (Å²) < 4.78 is 32.0. The maximum absolute atomic E-state index is 13.4. The molecule has 1 aromatic carbocycles. The van der Waals surface area contributed by atoms with E-state index in [0.717, 1.165) is 25.0 Å². The second-order valence-electron chi connectivity index (χ2n) is 4.68. The van der Waals surface area contributed by atoms with Crippen molar-refractivity contribution in [2.45, 2.75) is 18.4 Å². The Morgan fingerprint density at radius 2 is 2.00 bits per heavy atom. The molecule has 0 bridgehead atoms. The van der Waals surface area contributed by atoms with Crippen LogP contribution in [0.5, 0.6) is 5.75 Å². The standard InChI is InChI=1S/C13H17F2NO2/c1-16-13(7-17,9-5-6-9)8-18-12-10(14)3-2-4-11(12)15/h2-4,9,16-17H,5-8H2,1H3. The van der Waals surface area contributed by atoms with Gasteiger partial charge in [-0.15, -0.1) is 0 Å². The van der Waals surface area contributed by atoms with E-state index in [2.05, 4.69) is 5.32 Å². The molecule has 5 heteroatoms. The van der Waals surface area contributed by atoms with Gasteiger partial charge in [0.1, 0.15) is 6.61 Å². The minimum atomic E-state index is -0.728. The van der Waals surface area contributed by atoms with Crippen LogP contribution in [0.2, 0.25) is 0 Å². The van der Waals surface area contributed by atoms with E-state index >= 15 is 0 Å². The topological polar surface area (TPSA) is 41.5 Å². The predicted octanol–water partition coefficient (Wildman–Crippen LogP) is 1.70. The van der Waals surface area contributed by atoms with E-state index in [0.29, 0.717) is 5.92 Å². The monoisotopic (exact) mass is 257 g/mol. The maximum Gasteiger partial charge on any atom is 0.190 e. The van der Waals surface area contributed by atoms with Crippen molar-refractivity contribution in [2.24, 2.45) is 5.92 Å². The summed E-state index contributed by atoms with van der Waals surface area (Å²) in [6.45, 7) is -0.0766. The van der Waals surface area contributed by atoms with Crippen molar-refractivity contribution in [1.82, 2.24) is 5.32 Å². The highest BCUT2D eigenvalue weighted by Gasteiger charge is 2.44. The average Bonchev–Trinajstić information content (AvgIpc) is 3.19. The Morgan fingerprint density at radius 3 is 2.44 bits per heavy atom. The number of hydrogen-bond acceptors (Lipinski definition) is 3. The van der Waals surface area contributed by atoms with E-state index in [4.69, 9.17) is 4.74 Å². The molecule has 1 unspecified atom stereocenters. The number of rotatable bonds is 6. The van der Waals surface area contributed by atoms with E-state index in [1.807, 2.05) is 0 Å². The van der Waals surface area contributed by atoms with Crippen molar-refractivity contribution in [1.29, 1.82) is 0 Å². The van der Waals surface area contributed by atoms with Crippen molar-refractivity contribution in [3.8, 4) is 5.75 Å². The van der Waals surface area contributed by atoms with Gasteiger partial charge < -0.3 is 15.2 Å². The van der Waals surface area contributed by atoms with E-state index in [1.54, 1.807) is 7.05 Å². The average molecular weight is 257 g/mol. The van der Waals surface area contributed by atoms with Crippen molar-refractivity contribution >= 4 is 0 Å². The number of ether oxygens (including phenoxy) is 1. The molecule has 3 nitrogen and oxygen atoms in total. The Labute approximate surface area is 105 Å². The number of para-hydroxylation sites is 1. The predicted molar refractivity (Wildman–Crippen MR) is 63.5 cm³/mol. The minimum absolute atomic E-state index is 0.0442. The van der Waals surface area contributed by atoms with Crippen molar-refractivity contribution in [3.63, 3.8) is 0 Å². The zero-order chi connectivity index (χ0) is 13.2. The van der Waals surface area contributed by atoms with Crippen LogP contribution < -0.4 is 10.1 Å². The summed E-state index contributed by atoms with van der Waals surface area (Å²) in [5, 5.41) is 12.5. The Kier molecular flexibility index (Phi) is 3.82. The minimum Gasteiger partial charge on any atom is -0.486 e. The summed E-state index contributed by atoms with van der Waals surface area (Å²) in [6.07, 6.45) is 1.98. The van der Waals surface area contributed by atoms with Gasteiger partial charge in [-0.1, -0.05) is 6.07 Å². The first-order valence-corrected chi connectivity index (χ1v) is 5.99. The van der Waals surface area contributed by atoms with E-state index in [-0.39, 0.29) is 19.0 Å². The van der Waals surface area contributed by atoms with Gasteiger partial charge in [-0.05, 0) is 37.9 Å². The van der Waals surface area contributed by atoms with Crippen LogP contribution >= 0.6 is 0 Å². The molecule has 1 saturated carbocycles. The SMILES string of the molecule is CNC(CO)(COc1c(F)cccc1F)C1CC1. The van der Waals surface area contributed by atoms with Crippen molar-refractivity contribution in [2.75, 3.05) is 20.3 Å². The lowest BCUT2D eigenvalue weighted by molar-refractivity contribution is 0.0873. The molecule has 0 saturated heterocycles. The lowest BCUT2D eigenvalue weighted by atomic mass is 9.95. The van der Waals surface area contributed by atoms with E-state index < -0.39 is 17.2 Å². The number of aliphatic hydroxyl groups excluding tert-OH is 1. The number of likely N-dealkylation sites (N-methyl/N-ethyl adjacent to an activating group) is 1. The molecule has 0 aromatic heterocycles. The third kappa shape index (κ3) is 2.47. The summed E-state index contributed by atoms with van der Waals surface area (Å²) in [7, 11) is 1.72. The van der Waals surface area contributed by atoms with Crippen LogP contribution in [0.25, 0.3) is 0 Å². The Morgan fingerprint density at radius 1 is 1.39 bits per heavy atom. The van der Waals surface area contributed by atoms with Gasteiger partial charge in [0.15, 0.2) is 17.4 Å². The van der Waals surface area contributed by atoms with Gasteiger partial charge in [-0.3, -0.25) is 0 Å². The molecule has 1 aliphatic carbocycles. The molecule has 0 aliphatic heterocycles. The zero-order valence-corrected chi connectivity index (χ0v) is 10.2. The maximum atomic E-state index is 13.4. The molecule has 100 valence electrons. The molecule has 2 N–H and O–H groups in total. The summed E-state index contributed by atoms with van der Waals surface area (Å²) in [6, 6.07) is 3.58. The first-order valence-electron chi connectivity index (χ1n) is 5.99. The number of aliphatic hydroxyl groups is 1. The number of halogens is 2. The largest absolute Gasteiger partial charge is 0.486 e. The molecule has 0 radical (unpaired) electrons. The Hall–Kier alpha value is -1.20.